The summed E-state index contributed by atoms with van der Waals surface area (Å²) >= 11 is 5.15. The van der Waals surface area contributed by atoms with Crippen molar-refractivity contribution >= 4 is 17.6 Å². The van der Waals surface area contributed by atoms with Crippen LogP contribution in [0.1, 0.15) is 0 Å². The van der Waals surface area contributed by atoms with Crippen LogP contribution >= 0.6 is 11.6 Å². The van der Waals surface area contributed by atoms with Crippen molar-refractivity contribution in [3.05, 3.63) is 11.6 Å². The first kappa shape index (κ1) is 8.46. The van der Waals surface area contributed by atoms with Crippen LogP contribution in [0.5, 0.6) is 0 Å². The van der Waals surface area contributed by atoms with Gasteiger partial charge in [-0.1, -0.05) is 17.7 Å². The summed E-state index contributed by atoms with van der Waals surface area (Å²) in [6.07, 6.45) is 1.63. The molecule has 0 aromatic carbocycles. The maximum Gasteiger partial charge on any atom is 0.317 e. The number of rotatable bonds is 4. The highest BCUT2D eigenvalue weighted by Gasteiger charge is 1.90. The molecule has 0 bridgehead atoms. The summed E-state index contributed by atoms with van der Waals surface area (Å²) in [7, 11) is 0. The second-order valence-corrected chi connectivity index (χ2v) is 1.64. The number of halogens is 1. The quantitative estimate of drug-likeness (QED) is 0.570. The van der Waals surface area contributed by atoms with E-state index in [9.17, 15) is 4.79 Å². The van der Waals surface area contributed by atoms with E-state index in [1.807, 2.05) is 0 Å². The Kier molecular flexibility index (Phi) is 5.26. The first-order chi connectivity index (χ1) is 4.27. The number of carbonyl (C=O) groups is 1. The molecule has 0 amide bonds. The van der Waals surface area contributed by atoms with Gasteiger partial charge in [0, 0.05) is 12.1 Å². The lowest BCUT2D eigenvalue weighted by Crippen LogP contribution is -2.22. The summed E-state index contributed by atoms with van der Waals surface area (Å²) in [4.78, 5) is 9.84. The van der Waals surface area contributed by atoms with Crippen LogP contribution in [0.3, 0.4) is 0 Å². The Morgan fingerprint density at radius 3 is 2.89 bits per heavy atom. The normalized spacial score (nSPS) is 10.3. The summed E-state index contributed by atoms with van der Waals surface area (Å²) in [6.45, 7) is 0.469. The molecule has 0 rings (SSSR count). The van der Waals surface area contributed by atoms with Gasteiger partial charge in [0.25, 0.3) is 0 Å². The van der Waals surface area contributed by atoms with Gasteiger partial charge in [0.05, 0.1) is 6.54 Å². The van der Waals surface area contributed by atoms with Gasteiger partial charge in [0.1, 0.15) is 0 Å². The van der Waals surface area contributed by atoms with E-state index in [-0.39, 0.29) is 6.54 Å². The summed E-state index contributed by atoms with van der Waals surface area (Å²) in [6, 6.07) is 0. The molecule has 0 saturated carbocycles. The second-order valence-electron chi connectivity index (χ2n) is 1.39. The molecule has 0 spiro atoms. The number of hydrogen-bond donors (Lipinski definition) is 2. The van der Waals surface area contributed by atoms with Gasteiger partial charge in [-0.15, -0.1) is 0 Å². The van der Waals surface area contributed by atoms with E-state index < -0.39 is 5.97 Å². The number of hydrogen-bond acceptors (Lipinski definition) is 2. The highest BCUT2D eigenvalue weighted by Crippen LogP contribution is 1.74. The van der Waals surface area contributed by atoms with Crippen LogP contribution in [0.15, 0.2) is 11.6 Å². The number of carboxylic acids is 1. The monoisotopic (exact) mass is 149 g/mol. The second kappa shape index (κ2) is 5.59. The Hall–Kier alpha value is -0.540. The molecule has 0 atom stereocenters. The van der Waals surface area contributed by atoms with Crippen LogP contribution in [-0.2, 0) is 4.79 Å². The summed E-state index contributed by atoms with van der Waals surface area (Å²) in [5.74, 6) is -0.863. The van der Waals surface area contributed by atoms with E-state index in [1.165, 1.54) is 5.54 Å². The molecular weight excluding hydrogens is 142 g/mol. The van der Waals surface area contributed by atoms with Crippen LogP contribution in [-0.4, -0.2) is 24.2 Å². The van der Waals surface area contributed by atoms with Crippen molar-refractivity contribution in [3.63, 3.8) is 0 Å². The van der Waals surface area contributed by atoms with Gasteiger partial charge in [-0.3, -0.25) is 4.79 Å². The average molecular weight is 150 g/mol. The van der Waals surface area contributed by atoms with Crippen molar-refractivity contribution in [3.8, 4) is 0 Å². The Bertz CT molecular complexity index is 114. The lowest BCUT2D eigenvalue weighted by Gasteiger charge is -1.92. The van der Waals surface area contributed by atoms with Crippen molar-refractivity contribution in [1.82, 2.24) is 5.32 Å². The molecule has 0 aliphatic heterocycles. The fourth-order valence-electron chi connectivity index (χ4n) is 0.307. The van der Waals surface area contributed by atoms with E-state index in [1.54, 1.807) is 6.08 Å². The van der Waals surface area contributed by atoms with Gasteiger partial charge in [-0.25, -0.2) is 0 Å². The summed E-state index contributed by atoms with van der Waals surface area (Å²) < 4.78 is 0. The minimum atomic E-state index is -0.863. The minimum Gasteiger partial charge on any atom is -0.480 e. The molecule has 0 unspecified atom stereocenters. The first-order valence-corrected chi connectivity index (χ1v) is 2.88. The van der Waals surface area contributed by atoms with E-state index in [2.05, 4.69) is 5.32 Å². The Morgan fingerprint density at radius 1 is 1.78 bits per heavy atom. The third-order valence-corrected chi connectivity index (χ3v) is 0.806. The topological polar surface area (TPSA) is 49.3 Å². The zero-order valence-electron chi connectivity index (χ0n) is 4.80. The molecule has 0 aliphatic carbocycles. The fourth-order valence-corrected chi connectivity index (χ4v) is 0.396. The van der Waals surface area contributed by atoms with Crippen molar-refractivity contribution in [2.75, 3.05) is 13.1 Å². The Balaban J connectivity index is 3.01. The van der Waals surface area contributed by atoms with Crippen molar-refractivity contribution in [1.29, 1.82) is 0 Å². The van der Waals surface area contributed by atoms with Gasteiger partial charge in [-0.2, -0.15) is 0 Å². The van der Waals surface area contributed by atoms with E-state index in [0.717, 1.165) is 0 Å². The highest BCUT2D eigenvalue weighted by molar-refractivity contribution is 6.25. The molecule has 0 aromatic heterocycles. The molecule has 0 heterocycles. The third-order valence-electron chi connectivity index (χ3n) is 0.628. The van der Waals surface area contributed by atoms with Gasteiger partial charge in [-0.05, 0) is 0 Å². The van der Waals surface area contributed by atoms with Crippen molar-refractivity contribution < 1.29 is 9.90 Å². The van der Waals surface area contributed by atoms with Gasteiger partial charge < -0.3 is 10.4 Å². The molecule has 0 aromatic rings. The molecule has 9 heavy (non-hydrogen) atoms. The average Bonchev–Trinajstić information content (AvgIpc) is 1.80. The molecule has 0 saturated heterocycles. The van der Waals surface area contributed by atoms with Crippen molar-refractivity contribution in [2.24, 2.45) is 0 Å². The molecule has 52 valence electrons. The number of nitrogens with one attached hydrogen (secondary N) is 1. The zero-order chi connectivity index (χ0) is 7.11. The first-order valence-electron chi connectivity index (χ1n) is 2.45. The van der Waals surface area contributed by atoms with Crippen LogP contribution in [0.25, 0.3) is 0 Å². The molecule has 2 N–H and O–H groups in total. The lowest BCUT2D eigenvalue weighted by atomic mass is 10.6. The smallest absolute Gasteiger partial charge is 0.317 e. The Morgan fingerprint density at radius 2 is 2.44 bits per heavy atom. The van der Waals surface area contributed by atoms with E-state index in [0.29, 0.717) is 6.54 Å². The maximum atomic E-state index is 9.84. The minimum absolute atomic E-state index is 0.0266. The van der Waals surface area contributed by atoms with Crippen molar-refractivity contribution in [2.45, 2.75) is 0 Å². The third kappa shape index (κ3) is 7.46. The van der Waals surface area contributed by atoms with Crippen LogP contribution < -0.4 is 5.32 Å². The molecule has 0 fully saturated rings. The molecule has 3 nitrogen and oxygen atoms in total. The number of carboxylic acid groups (broad SMARTS) is 1. The van der Waals surface area contributed by atoms with E-state index >= 15 is 0 Å². The van der Waals surface area contributed by atoms with Gasteiger partial charge in [0.15, 0.2) is 0 Å². The predicted octanol–water partition coefficient (Wildman–Crippen LogP) is 0.413. The van der Waals surface area contributed by atoms with Crippen LogP contribution in [0.2, 0.25) is 0 Å². The number of aliphatic carboxylic acids is 1. The summed E-state index contributed by atoms with van der Waals surface area (Å²) in [5.41, 5.74) is 1.34. The summed E-state index contributed by atoms with van der Waals surface area (Å²) in [5, 5.41) is 10.7. The maximum absolute atomic E-state index is 9.84. The SMILES string of the molecule is O=C(O)CNCC=CCl. The zero-order valence-corrected chi connectivity index (χ0v) is 5.56. The largest absolute Gasteiger partial charge is 0.480 e. The molecule has 0 radical (unpaired) electrons. The van der Waals surface area contributed by atoms with Crippen LogP contribution in [0.4, 0.5) is 0 Å². The molecule has 4 heteroatoms. The molecule has 0 aliphatic rings. The lowest BCUT2D eigenvalue weighted by molar-refractivity contribution is -0.135. The Labute approximate surface area is 58.3 Å². The van der Waals surface area contributed by atoms with Gasteiger partial charge in [0.2, 0.25) is 0 Å². The molecular formula is C5H8ClNO2. The van der Waals surface area contributed by atoms with E-state index in [4.69, 9.17) is 16.7 Å². The predicted molar refractivity (Wildman–Crippen MR) is 35.5 cm³/mol. The van der Waals surface area contributed by atoms with Gasteiger partial charge >= 0.3 is 5.97 Å². The fraction of sp³-hybridized carbons (Fsp3) is 0.400. The highest BCUT2D eigenvalue weighted by atomic mass is 35.5. The van der Waals surface area contributed by atoms with Crippen LogP contribution in [0, 0.1) is 0 Å². The standard InChI is InChI=1S/C5H8ClNO2/c6-2-1-3-7-4-5(8)9/h1-2,7H,3-4H2,(H,8,9).